The average Bonchev–Trinajstić information content (AvgIpc) is 3.96. The van der Waals surface area contributed by atoms with Crippen molar-refractivity contribution in [2.75, 3.05) is 26.2 Å². The number of sulfonamides is 1. The van der Waals surface area contributed by atoms with E-state index in [0.29, 0.717) is 17.5 Å². The third kappa shape index (κ3) is 8.41. The van der Waals surface area contributed by atoms with Crippen LogP contribution in [0.2, 0.25) is 0 Å². The molecule has 0 spiro atoms. The molecule has 0 saturated carbocycles. The number of thiazole rings is 1. The first-order valence-corrected chi connectivity index (χ1v) is 17.2. The molecule has 15 heteroatoms. The Morgan fingerprint density at radius 2 is 2.14 bits per heavy atom. The first kappa shape index (κ1) is 20.9. The van der Waals surface area contributed by atoms with Gasteiger partial charge >= 0.3 is 6.09 Å². The minimum atomic E-state index is -5.66. The van der Waals surface area contributed by atoms with Gasteiger partial charge in [-0.25, -0.2) is 18.2 Å². The van der Waals surface area contributed by atoms with Gasteiger partial charge in [0, 0.05) is 40.3 Å². The molecule has 0 radical (unpaired) electrons. The summed E-state index contributed by atoms with van der Waals surface area (Å²) in [5.41, 5.74) is -0.00935. The van der Waals surface area contributed by atoms with E-state index in [2.05, 4.69) is 15.5 Å². The first-order valence-electron chi connectivity index (χ1n) is 22.4. The summed E-state index contributed by atoms with van der Waals surface area (Å²) in [5, 5.41) is 19.9. The minimum absolute atomic E-state index is 0.0410. The van der Waals surface area contributed by atoms with E-state index in [4.69, 9.17) is 44.0 Å². The van der Waals surface area contributed by atoms with Crippen LogP contribution >= 0.6 is 11.3 Å². The third-order valence-corrected chi connectivity index (χ3v) is 10.2. The lowest BCUT2D eigenvalue weighted by atomic mass is 10.0. The number of rotatable bonds is 14. The van der Waals surface area contributed by atoms with Crippen molar-refractivity contribution in [1.29, 1.82) is 0 Å². The Labute approximate surface area is 310 Å². The first-order chi connectivity index (χ1) is 29.3. The van der Waals surface area contributed by atoms with Gasteiger partial charge in [-0.05, 0) is 68.4 Å². The Morgan fingerprint density at radius 3 is 2.90 bits per heavy atom. The molecule has 264 valence electrons. The van der Waals surface area contributed by atoms with Gasteiger partial charge in [0.2, 0.25) is 10.0 Å². The normalized spacial score (nSPS) is 28.8. The van der Waals surface area contributed by atoms with Crippen LogP contribution in [0.5, 0.6) is 5.75 Å². The van der Waals surface area contributed by atoms with E-state index in [1.54, 1.807) is 5.38 Å². The summed E-state index contributed by atoms with van der Waals surface area (Å²) in [6.45, 7) is -18.0. The van der Waals surface area contributed by atoms with Crippen LogP contribution in [0.3, 0.4) is 0 Å². The molecule has 2 N–H and O–H groups in total. The molecule has 2 aliphatic rings. The number of aromatic nitrogens is 2. The number of hydrogen-bond donors (Lipinski definition) is 2. The Morgan fingerprint density at radius 1 is 1.31 bits per heavy atom. The number of aryl methyl sites for hydroxylation is 2. The number of aliphatic hydroxyl groups excluding tert-OH is 1. The highest BCUT2D eigenvalue weighted by molar-refractivity contribution is 7.89. The third-order valence-electron chi connectivity index (χ3n) is 7.67. The van der Waals surface area contributed by atoms with Gasteiger partial charge in [-0.1, -0.05) is 31.0 Å². The van der Waals surface area contributed by atoms with E-state index in [1.807, 2.05) is 6.92 Å². The molecule has 2 aromatic heterocycles. The Balaban J connectivity index is 1.41. The predicted octanol–water partition coefficient (Wildman–Crippen LogP) is 4.59. The number of carbonyl (C=O) groups excluding carboxylic acids is 1. The fourth-order valence-corrected chi connectivity index (χ4v) is 7.14. The summed E-state index contributed by atoms with van der Waals surface area (Å²) in [4.78, 5) is 17.1. The SMILES string of the molecule is [2H]C([2H])([2H])c1noc2ccc(S(=O)(=O)N(C[C@@H](O)[C@H](Cc3ccc(OCc4csc(C)n4)cc3)NC(=O)O[C@]3([2H])[C@@H]4CCO[C@@H]4OC3([2H])[2H])C([2H])([2H])C([2H])(C([2H])([2H])[2H])C([2H])([2H])[2H])cc12. The molecule has 4 aromatic rings. The van der Waals surface area contributed by atoms with Gasteiger partial charge < -0.3 is 33.9 Å². The average molecular weight is 730 g/mol. The van der Waals surface area contributed by atoms with Crippen molar-refractivity contribution >= 4 is 38.4 Å². The van der Waals surface area contributed by atoms with Gasteiger partial charge in [-0.15, -0.1) is 11.3 Å². The fraction of sp³-hybridized carbons (Fsp3) is 0.500. The number of amides is 1. The molecule has 0 bridgehead atoms. The summed E-state index contributed by atoms with van der Waals surface area (Å²) >= 11 is 1.42. The quantitative estimate of drug-likeness (QED) is 0.187. The zero-order valence-corrected chi connectivity index (χ0v) is 27.5. The number of hydrogen-bond acceptors (Lipinski definition) is 12. The van der Waals surface area contributed by atoms with Gasteiger partial charge in [0.15, 0.2) is 11.9 Å². The molecule has 1 amide bonds. The molecule has 0 aliphatic carbocycles. The topological polar surface area (TPSA) is 163 Å². The van der Waals surface area contributed by atoms with Crippen LogP contribution in [-0.4, -0.2) is 84.8 Å². The van der Waals surface area contributed by atoms with Crippen LogP contribution in [0.15, 0.2) is 57.3 Å². The molecule has 2 aromatic carbocycles. The van der Waals surface area contributed by atoms with Gasteiger partial charge in [0.25, 0.3) is 0 Å². The number of aliphatic hydroxyl groups is 1. The monoisotopic (exact) mass is 729 g/mol. The maximum atomic E-state index is 14.7. The molecule has 2 aliphatic heterocycles. The van der Waals surface area contributed by atoms with E-state index in [0.717, 1.165) is 17.1 Å². The largest absolute Gasteiger partial charge is 0.487 e. The molecular weight excluding hydrogens is 673 g/mol. The molecule has 13 nitrogen and oxygen atoms in total. The Bertz CT molecular complexity index is 2430. The van der Waals surface area contributed by atoms with Gasteiger partial charge in [-0.3, -0.25) is 0 Å². The highest BCUT2D eigenvalue weighted by atomic mass is 32.2. The van der Waals surface area contributed by atoms with Crippen molar-refractivity contribution < 1.29 is 62.4 Å². The number of nitrogens with one attached hydrogen (secondary N) is 1. The number of benzene rings is 2. The molecule has 5 atom stereocenters. The van der Waals surface area contributed by atoms with Crippen molar-refractivity contribution in [2.45, 2.75) is 76.3 Å². The van der Waals surface area contributed by atoms with Crippen LogP contribution in [0.25, 0.3) is 11.0 Å². The van der Waals surface area contributed by atoms with Gasteiger partial charge in [-0.2, -0.15) is 4.31 Å². The molecule has 4 heterocycles. The summed E-state index contributed by atoms with van der Waals surface area (Å²) in [6, 6.07) is 6.60. The lowest BCUT2D eigenvalue weighted by Gasteiger charge is -2.31. The fourth-order valence-electron chi connectivity index (χ4n) is 5.23. The molecule has 2 saturated heterocycles. The molecular formula is C34H42N4O9S2. The maximum absolute atomic E-state index is 14.7. The molecule has 49 heavy (non-hydrogen) atoms. The van der Waals surface area contributed by atoms with E-state index < -0.39 is 115 Å². The van der Waals surface area contributed by atoms with Crippen molar-refractivity contribution in [3.63, 3.8) is 0 Å². The number of fused-ring (bicyclic) bond motifs is 2. The second kappa shape index (κ2) is 15.1. The molecule has 2 fully saturated rings. The number of alkyl carbamates (subject to hydrolysis) is 1. The van der Waals surface area contributed by atoms with Crippen LogP contribution in [0.1, 0.15) is 62.6 Å². The zero-order valence-electron chi connectivity index (χ0n) is 40.8. The number of ether oxygens (including phenoxy) is 4. The zero-order chi connectivity index (χ0) is 47.6. The standard InChI is InChI=1S/C34H42N4O9S2/c1-20(2)15-38(49(41,42)26-9-10-31-28(14-26)21(3)37-47-31)16-30(39)29(36-34(40)46-32-18-45-33-27(32)11-12-43-33)13-23-5-7-25(8-6-23)44-17-24-19-48-22(4)35-24/h5-10,14,19-20,27,29-30,32-33,39H,11-13,15-18H2,1-4H3,(H,36,40)/t27-,29-,30+,32-,33+/m0/s1/i1D3,2D3,3D3,15D2,18D2,20D,32D. The predicted molar refractivity (Wildman–Crippen MR) is 181 cm³/mol. The lowest BCUT2D eigenvalue weighted by Crippen LogP contribution is -2.51. The van der Waals surface area contributed by atoms with Gasteiger partial charge in [0.1, 0.15) is 18.4 Å². The molecule has 0 unspecified atom stereocenters. The summed E-state index contributed by atoms with van der Waals surface area (Å²) in [7, 11) is -5.66. The highest BCUT2D eigenvalue weighted by Gasteiger charge is 2.44. The number of carbonyl (C=O) groups is 1. The van der Waals surface area contributed by atoms with Gasteiger partial charge in [0.05, 0.1) is 56.6 Å². The van der Waals surface area contributed by atoms with Crippen molar-refractivity contribution in [1.82, 2.24) is 19.8 Å². The van der Waals surface area contributed by atoms with Crippen LogP contribution in [0.4, 0.5) is 4.79 Å². The smallest absolute Gasteiger partial charge is 0.407 e. The summed E-state index contributed by atoms with van der Waals surface area (Å²) in [6.07, 6.45) is -8.32. The number of nitrogens with zero attached hydrogens (tertiary/aromatic N) is 3. The summed E-state index contributed by atoms with van der Waals surface area (Å²) in [5.74, 6) is -5.06. The maximum Gasteiger partial charge on any atom is 0.407 e. The lowest BCUT2D eigenvalue weighted by molar-refractivity contribution is -0.0907. The van der Waals surface area contributed by atoms with Crippen molar-refractivity contribution in [2.24, 2.45) is 11.8 Å². The second-order valence-electron chi connectivity index (χ2n) is 11.1. The Kier molecular flexibility index (Phi) is 6.45. The van der Waals surface area contributed by atoms with E-state index in [-0.39, 0.29) is 35.1 Å². The summed E-state index contributed by atoms with van der Waals surface area (Å²) < 4.78 is 179. The van der Waals surface area contributed by atoms with Crippen molar-refractivity contribution in [3.8, 4) is 5.75 Å². The van der Waals surface area contributed by atoms with E-state index in [1.165, 1.54) is 35.6 Å². The van der Waals surface area contributed by atoms with Crippen molar-refractivity contribution in [3.05, 3.63) is 69.8 Å². The second-order valence-corrected chi connectivity index (χ2v) is 14.1. The van der Waals surface area contributed by atoms with E-state index >= 15 is 0 Å². The van der Waals surface area contributed by atoms with Crippen LogP contribution < -0.4 is 10.1 Å². The van der Waals surface area contributed by atoms with Crippen LogP contribution in [0, 0.1) is 25.6 Å². The van der Waals surface area contributed by atoms with Crippen LogP contribution in [-0.2, 0) is 37.3 Å². The Hall–Kier alpha value is -3.60. The molecule has 6 rings (SSSR count). The van der Waals surface area contributed by atoms with E-state index in [9.17, 15) is 18.3 Å². The minimum Gasteiger partial charge on any atom is -0.487 e. The highest BCUT2D eigenvalue weighted by Crippen LogP contribution is 2.33.